The van der Waals surface area contributed by atoms with Gasteiger partial charge in [0.05, 0.1) is 0 Å². The lowest BCUT2D eigenvalue weighted by atomic mass is 10.1. The molecule has 0 fully saturated rings. The molecule has 0 heterocycles. The van der Waals surface area contributed by atoms with Gasteiger partial charge in [-0.25, -0.2) is 14.5 Å². The van der Waals surface area contributed by atoms with Gasteiger partial charge < -0.3 is 25.8 Å². The number of carbonyl (C=O) groups excluding carboxylic acids is 2. The van der Waals surface area contributed by atoms with E-state index in [4.69, 9.17) is 15.2 Å². The predicted molar refractivity (Wildman–Crippen MR) is 98.0 cm³/mol. The number of carbonyl (C=O) groups is 2. The molecule has 2 atom stereocenters. The van der Waals surface area contributed by atoms with Crippen LogP contribution >= 0.6 is 0 Å². The molecule has 25 heavy (non-hydrogen) atoms. The summed E-state index contributed by atoms with van der Waals surface area (Å²) in [6.07, 6.45) is -1.52. The van der Waals surface area contributed by atoms with E-state index >= 15 is 0 Å². The summed E-state index contributed by atoms with van der Waals surface area (Å²) in [6, 6.07) is 0. The van der Waals surface area contributed by atoms with Crippen molar-refractivity contribution in [2.45, 2.75) is 85.3 Å². The summed E-state index contributed by atoms with van der Waals surface area (Å²) in [4.78, 5) is 25.7. The number of rotatable bonds is 7. The van der Waals surface area contributed by atoms with E-state index in [-0.39, 0.29) is 0 Å². The van der Waals surface area contributed by atoms with Gasteiger partial charge in [0.1, 0.15) is 0 Å². The van der Waals surface area contributed by atoms with E-state index < -0.39 is 35.7 Å². The topological polar surface area (TPSA) is 106 Å². The van der Waals surface area contributed by atoms with Gasteiger partial charge in [0.25, 0.3) is 0 Å². The number of nitrogens with one attached hydrogen (secondary N) is 2. The largest absolute Gasteiger partial charge is 0.430 e. The molecule has 0 aliphatic heterocycles. The smallest absolute Gasteiger partial charge is 0.409 e. The molecular weight excluding hydrogens is 324 g/mol. The molecular formula is C17H36N4O4. The monoisotopic (exact) mass is 360 g/mol. The lowest BCUT2D eigenvalue weighted by molar-refractivity contribution is -0.0930. The fraction of sp³-hybridized carbons (Fsp3) is 0.882. The summed E-state index contributed by atoms with van der Waals surface area (Å²) in [7, 11) is 0. The average molecular weight is 360 g/mol. The van der Waals surface area contributed by atoms with E-state index in [1.165, 1.54) is 0 Å². The summed E-state index contributed by atoms with van der Waals surface area (Å²) in [5.41, 5.74) is 4.79. The lowest BCUT2D eigenvalue weighted by Gasteiger charge is -2.34. The van der Waals surface area contributed by atoms with Crippen molar-refractivity contribution in [2.24, 2.45) is 5.73 Å². The van der Waals surface area contributed by atoms with Crippen LogP contribution in [0.1, 0.15) is 61.8 Å². The summed E-state index contributed by atoms with van der Waals surface area (Å²) in [5, 5.41) is 5.48. The Kier molecular flexibility index (Phi) is 9.21. The predicted octanol–water partition coefficient (Wildman–Crippen LogP) is 2.38. The molecule has 2 amide bonds. The van der Waals surface area contributed by atoms with Crippen molar-refractivity contribution >= 4 is 12.2 Å². The van der Waals surface area contributed by atoms with Gasteiger partial charge in [-0.1, -0.05) is 0 Å². The molecule has 0 saturated heterocycles. The highest BCUT2D eigenvalue weighted by atomic mass is 16.6. The normalized spacial score (nSPS) is 14.6. The molecule has 0 aliphatic carbocycles. The summed E-state index contributed by atoms with van der Waals surface area (Å²) in [5.74, 6) is 0. The van der Waals surface area contributed by atoms with E-state index in [2.05, 4.69) is 10.6 Å². The maximum Gasteiger partial charge on any atom is 0.409 e. The zero-order chi connectivity index (χ0) is 19.8. The number of amides is 2. The molecule has 8 heteroatoms. The van der Waals surface area contributed by atoms with Crippen molar-refractivity contribution < 1.29 is 19.1 Å². The van der Waals surface area contributed by atoms with E-state index in [1.54, 1.807) is 18.7 Å². The first-order valence-electron chi connectivity index (χ1n) is 8.68. The number of hydrogen-bond acceptors (Lipinski definition) is 6. The van der Waals surface area contributed by atoms with Crippen molar-refractivity contribution in [3.8, 4) is 0 Å². The molecule has 0 aromatic rings. The summed E-state index contributed by atoms with van der Waals surface area (Å²) in [6.45, 7) is 15.7. The van der Waals surface area contributed by atoms with Gasteiger partial charge in [0.2, 0.25) is 0 Å². The van der Waals surface area contributed by atoms with E-state index in [1.807, 2.05) is 41.5 Å². The molecule has 0 aromatic heterocycles. The number of alkyl carbamates (subject to hydrolysis) is 2. The van der Waals surface area contributed by atoms with Crippen LogP contribution < -0.4 is 16.4 Å². The van der Waals surface area contributed by atoms with Crippen LogP contribution in [0.15, 0.2) is 0 Å². The molecule has 8 nitrogen and oxygen atoms in total. The highest BCUT2D eigenvalue weighted by Gasteiger charge is 2.27. The lowest BCUT2D eigenvalue weighted by Crippen LogP contribution is -2.50. The van der Waals surface area contributed by atoms with Gasteiger partial charge in [-0.05, 0) is 68.4 Å². The number of hydrogen-bond donors (Lipinski definition) is 3. The number of nitrogens with zero attached hydrogens (tertiary/aromatic N) is 1. The molecule has 0 saturated carbocycles. The second kappa shape index (κ2) is 9.82. The molecule has 4 N–H and O–H groups in total. The SMILES string of the molecule is CC(OC(=O)NC(C)(C)C)N(CCCN)C(C)OC(=O)NC(C)(C)C. The minimum absolute atomic E-state index is 0.395. The zero-order valence-corrected chi connectivity index (χ0v) is 16.9. The second-order valence-corrected chi connectivity index (χ2v) is 8.14. The van der Waals surface area contributed by atoms with E-state index in [0.29, 0.717) is 19.5 Å². The highest BCUT2D eigenvalue weighted by Crippen LogP contribution is 2.12. The Morgan fingerprint density at radius 3 is 1.56 bits per heavy atom. The molecule has 2 unspecified atom stereocenters. The molecule has 0 aliphatic rings. The highest BCUT2D eigenvalue weighted by molar-refractivity contribution is 5.68. The Balaban J connectivity index is 4.85. The Morgan fingerprint density at radius 2 is 1.28 bits per heavy atom. The molecule has 0 rings (SSSR count). The fourth-order valence-electron chi connectivity index (χ4n) is 2.05. The standard InChI is InChI=1S/C17H36N4O4/c1-12(24-14(22)19-16(3,4)5)21(11-9-10-18)13(2)25-15(23)20-17(6,7)8/h12-13H,9-11,18H2,1-8H3,(H,19,22)(H,20,23). The van der Waals surface area contributed by atoms with Gasteiger partial charge in [0.15, 0.2) is 12.5 Å². The van der Waals surface area contributed by atoms with Gasteiger partial charge in [0, 0.05) is 17.6 Å². The Labute approximate surface area is 151 Å². The third-order valence-electron chi connectivity index (χ3n) is 3.06. The number of nitrogens with two attached hydrogens (primary N) is 1. The first-order valence-corrected chi connectivity index (χ1v) is 8.68. The Morgan fingerprint density at radius 1 is 0.920 bits per heavy atom. The maximum atomic E-state index is 12.0. The zero-order valence-electron chi connectivity index (χ0n) is 16.9. The molecule has 0 aromatic carbocycles. The number of ether oxygens (including phenoxy) is 2. The van der Waals surface area contributed by atoms with Gasteiger partial charge >= 0.3 is 12.2 Å². The molecule has 0 bridgehead atoms. The summed E-state index contributed by atoms with van der Waals surface area (Å²) < 4.78 is 10.8. The van der Waals surface area contributed by atoms with Crippen LogP contribution in [0.4, 0.5) is 9.59 Å². The van der Waals surface area contributed by atoms with Crippen LogP contribution in [0.5, 0.6) is 0 Å². The summed E-state index contributed by atoms with van der Waals surface area (Å²) >= 11 is 0. The van der Waals surface area contributed by atoms with Gasteiger partial charge in [-0.15, -0.1) is 0 Å². The van der Waals surface area contributed by atoms with Crippen molar-refractivity contribution in [1.29, 1.82) is 0 Å². The van der Waals surface area contributed by atoms with Crippen LogP contribution in [-0.2, 0) is 9.47 Å². The first kappa shape index (κ1) is 23.5. The minimum atomic E-state index is -0.577. The Bertz CT molecular complexity index is 393. The van der Waals surface area contributed by atoms with Crippen LogP contribution in [0.3, 0.4) is 0 Å². The van der Waals surface area contributed by atoms with E-state index in [0.717, 1.165) is 0 Å². The van der Waals surface area contributed by atoms with Crippen LogP contribution in [0.25, 0.3) is 0 Å². The second-order valence-electron chi connectivity index (χ2n) is 8.14. The average Bonchev–Trinajstić information content (AvgIpc) is 2.33. The fourth-order valence-corrected chi connectivity index (χ4v) is 2.05. The third kappa shape index (κ3) is 11.6. The van der Waals surface area contributed by atoms with Gasteiger partial charge in [-0.3, -0.25) is 0 Å². The van der Waals surface area contributed by atoms with Crippen molar-refractivity contribution in [2.75, 3.05) is 13.1 Å². The quantitative estimate of drug-likeness (QED) is 0.602. The van der Waals surface area contributed by atoms with Crippen molar-refractivity contribution in [3.05, 3.63) is 0 Å². The van der Waals surface area contributed by atoms with Crippen LogP contribution in [0, 0.1) is 0 Å². The van der Waals surface area contributed by atoms with Crippen LogP contribution in [-0.4, -0.2) is 53.7 Å². The maximum absolute atomic E-state index is 12.0. The molecule has 0 radical (unpaired) electrons. The third-order valence-corrected chi connectivity index (χ3v) is 3.06. The Hall–Kier alpha value is -1.54. The molecule has 0 spiro atoms. The molecule has 148 valence electrons. The van der Waals surface area contributed by atoms with Crippen molar-refractivity contribution in [1.82, 2.24) is 15.5 Å². The van der Waals surface area contributed by atoms with Gasteiger partial charge in [-0.2, -0.15) is 0 Å². The first-order chi connectivity index (χ1) is 11.2. The van der Waals surface area contributed by atoms with Crippen molar-refractivity contribution in [3.63, 3.8) is 0 Å². The van der Waals surface area contributed by atoms with Crippen LogP contribution in [0.2, 0.25) is 0 Å². The minimum Gasteiger partial charge on any atom is -0.430 e. The van der Waals surface area contributed by atoms with E-state index in [9.17, 15) is 9.59 Å².